The number of hydrogen-bond donors (Lipinski definition) is 2. The van der Waals surface area contributed by atoms with E-state index in [2.05, 4.69) is 33.1 Å². The van der Waals surface area contributed by atoms with Gasteiger partial charge in [-0.2, -0.15) is 0 Å². The van der Waals surface area contributed by atoms with Gasteiger partial charge in [-0.25, -0.2) is 8.78 Å². The van der Waals surface area contributed by atoms with E-state index in [-0.39, 0.29) is 31.0 Å². The Morgan fingerprint density at radius 2 is 1.91 bits per heavy atom. The maximum atomic E-state index is 15.7. The Kier molecular flexibility index (Phi) is 6.57. The van der Waals surface area contributed by atoms with E-state index in [1.165, 1.54) is 11.6 Å². The molecule has 188 valence electrons. The van der Waals surface area contributed by atoms with E-state index in [1.807, 2.05) is 30.3 Å². The number of likely N-dealkylation sites (tertiary alicyclic amines) is 1. The van der Waals surface area contributed by atoms with Crippen LogP contribution in [-0.4, -0.2) is 65.9 Å². The molecular formula is C28H35F3N4. The monoisotopic (exact) mass is 484 g/mol. The molecule has 7 heteroatoms. The summed E-state index contributed by atoms with van der Waals surface area (Å²) in [4.78, 5) is 7.82. The number of fused-ring (bicyclic) bond motifs is 3. The highest BCUT2D eigenvalue weighted by atomic mass is 19.1. The van der Waals surface area contributed by atoms with Crippen molar-refractivity contribution in [1.29, 1.82) is 0 Å². The first-order valence-electron chi connectivity index (χ1n) is 12.6. The zero-order chi connectivity index (χ0) is 24.7. The molecule has 3 aromatic rings. The van der Waals surface area contributed by atoms with Crippen molar-refractivity contribution in [3.05, 3.63) is 65.1 Å². The van der Waals surface area contributed by atoms with Gasteiger partial charge in [-0.3, -0.25) is 9.29 Å². The van der Waals surface area contributed by atoms with Gasteiger partial charge in [-0.15, -0.1) is 0 Å². The zero-order valence-corrected chi connectivity index (χ0v) is 20.8. The summed E-state index contributed by atoms with van der Waals surface area (Å²) in [7, 11) is 0. The summed E-state index contributed by atoms with van der Waals surface area (Å²) in [5, 5.41) is 4.44. The fraction of sp³-hybridized carbons (Fsp3) is 0.500. The molecule has 0 aliphatic carbocycles. The van der Waals surface area contributed by atoms with Gasteiger partial charge in [-0.1, -0.05) is 24.3 Å². The molecule has 0 radical (unpaired) electrons. The van der Waals surface area contributed by atoms with Crippen LogP contribution in [0, 0.1) is 11.7 Å². The molecule has 2 atom stereocenters. The van der Waals surface area contributed by atoms with Crippen molar-refractivity contribution in [3.8, 4) is 0 Å². The van der Waals surface area contributed by atoms with Gasteiger partial charge in [0.2, 0.25) is 0 Å². The zero-order valence-electron chi connectivity index (χ0n) is 20.8. The lowest BCUT2D eigenvalue weighted by molar-refractivity contribution is 0.0656. The molecule has 1 saturated heterocycles. The Labute approximate surface area is 205 Å². The van der Waals surface area contributed by atoms with Crippen molar-refractivity contribution in [1.82, 2.24) is 14.8 Å². The molecule has 0 spiro atoms. The highest BCUT2D eigenvalue weighted by molar-refractivity contribution is 5.85. The third kappa shape index (κ3) is 4.94. The Hall–Kier alpha value is -2.51. The Morgan fingerprint density at radius 1 is 1.14 bits per heavy atom. The van der Waals surface area contributed by atoms with Crippen molar-refractivity contribution in [2.24, 2.45) is 5.92 Å². The second-order valence-corrected chi connectivity index (χ2v) is 10.9. The van der Waals surface area contributed by atoms with E-state index in [0.29, 0.717) is 17.8 Å². The molecule has 2 aliphatic heterocycles. The van der Waals surface area contributed by atoms with Crippen LogP contribution in [0.3, 0.4) is 0 Å². The summed E-state index contributed by atoms with van der Waals surface area (Å²) >= 11 is 0. The minimum Gasteiger partial charge on any atom is -0.384 e. The van der Waals surface area contributed by atoms with Gasteiger partial charge in [0.25, 0.3) is 0 Å². The van der Waals surface area contributed by atoms with Gasteiger partial charge in [0, 0.05) is 72.5 Å². The van der Waals surface area contributed by atoms with Crippen molar-refractivity contribution >= 4 is 16.6 Å². The summed E-state index contributed by atoms with van der Waals surface area (Å²) < 4.78 is 43.2. The third-order valence-corrected chi connectivity index (χ3v) is 7.38. The number of rotatable bonds is 8. The quantitative estimate of drug-likeness (QED) is 0.430. The summed E-state index contributed by atoms with van der Waals surface area (Å²) in [6.45, 7) is 8.26. The van der Waals surface area contributed by atoms with Crippen molar-refractivity contribution in [2.75, 3.05) is 44.7 Å². The van der Waals surface area contributed by atoms with Gasteiger partial charge in [0.05, 0.1) is 12.7 Å². The highest BCUT2D eigenvalue weighted by Gasteiger charge is 2.39. The molecule has 2 N–H and O–H groups in total. The number of para-hydroxylation sites is 1. The molecule has 3 heterocycles. The van der Waals surface area contributed by atoms with Crippen LogP contribution in [0.4, 0.5) is 18.9 Å². The largest absolute Gasteiger partial charge is 0.384 e. The van der Waals surface area contributed by atoms with E-state index in [1.54, 1.807) is 13.8 Å². The maximum absolute atomic E-state index is 15.7. The molecule has 4 nitrogen and oxygen atoms in total. The first-order chi connectivity index (χ1) is 16.7. The number of aromatic nitrogens is 1. The summed E-state index contributed by atoms with van der Waals surface area (Å²) in [6, 6.07) is 13.1. The van der Waals surface area contributed by atoms with Gasteiger partial charge in [0.15, 0.2) is 0 Å². The van der Waals surface area contributed by atoms with Gasteiger partial charge in [0.1, 0.15) is 11.5 Å². The van der Waals surface area contributed by atoms with Crippen molar-refractivity contribution in [3.63, 3.8) is 0 Å². The first kappa shape index (κ1) is 24.2. The molecular weight excluding hydrogens is 449 g/mol. The summed E-state index contributed by atoms with van der Waals surface area (Å²) in [5.41, 5.74) is 3.02. The Morgan fingerprint density at radius 3 is 2.63 bits per heavy atom. The van der Waals surface area contributed by atoms with Gasteiger partial charge < -0.3 is 15.2 Å². The molecule has 0 bridgehead atoms. The number of benzene rings is 2. The number of hydrogen-bond acceptors (Lipinski definition) is 3. The average Bonchev–Trinajstić information content (AvgIpc) is 3.13. The lowest BCUT2D eigenvalue weighted by atomic mass is 9.87. The predicted octanol–water partition coefficient (Wildman–Crippen LogP) is 5.70. The minimum atomic E-state index is -1.41. The number of aromatic amines is 1. The van der Waals surface area contributed by atoms with E-state index in [0.717, 1.165) is 42.7 Å². The van der Waals surface area contributed by atoms with E-state index in [4.69, 9.17) is 0 Å². The Bertz CT molecular complexity index is 1180. The van der Waals surface area contributed by atoms with Crippen LogP contribution < -0.4 is 5.32 Å². The van der Waals surface area contributed by atoms with Crippen molar-refractivity contribution in [2.45, 2.75) is 44.9 Å². The first-order valence-corrected chi connectivity index (χ1v) is 12.6. The average molecular weight is 485 g/mol. The normalized spacial score (nSPS) is 21.8. The van der Waals surface area contributed by atoms with Crippen LogP contribution >= 0.6 is 0 Å². The second kappa shape index (κ2) is 9.51. The van der Waals surface area contributed by atoms with Crippen LogP contribution in [-0.2, 0) is 6.42 Å². The molecule has 2 aromatic carbocycles. The van der Waals surface area contributed by atoms with Crippen molar-refractivity contribution < 1.29 is 13.2 Å². The minimum absolute atomic E-state index is 0.0589. The highest BCUT2D eigenvalue weighted by Crippen LogP contribution is 2.42. The second-order valence-electron chi connectivity index (χ2n) is 10.9. The smallest absolute Gasteiger partial charge is 0.130 e. The fourth-order valence-corrected chi connectivity index (χ4v) is 5.70. The van der Waals surface area contributed by atoms with Crippen LogP contribution in [0.5, 0.6) is 0 Å². The molecule has 0 unspecified atom stereocenters. The van der Waals surface area contributed by atoms with Crippen LogP contribution in [0.25, 0.3) is 10.9 Å². The van der Waals surface area contributed by atoms with Gasteiger partial charge in [-0.05, 0) is 51.0 Å². The summed E-state index contributed by atoms with van der Waals surface area (Å²) in [5.74, 6) is -0.141. The van der Waals surface area contributed by atoms with Crippen LogP contribution in [0.1, 0.15) is 43.6 Å². The number of H-pyrrole nitrogens is 1. The Balaban J connectivity index is 1.42. The number of anilines is 1. The van der Waals surface area contributed by atoms with E-state index in [9.17, 15) is 8.78 Å². The molecule has 5 rings (SSSR count). The third-order valence-electron chi connectivity index (χ3n) is 7.38. The maximum Gasteiger partial charge on any atom is 0.130 e. The van der Waals surface area contributed by atoms with Crippen LogP contribution in [0.2, 0.25) is 0 Å². The van der Waals surface area contributed by atoms with E-state index >= 15 is 4.39 Å². The SMILES string of the molecule is C[C@@H]1Cc2c([nH]c3ccccc23)[C@@H](c2ccc(NCCN3CC(CF)C3)cc2F)N1CC(C)(C)F. The fourth-order valence-electron chi connectivity index (χ4n) is 5.70. The molecule has 1 fully saturated rings. The summed E-state index contributed by atoms with van der Waals surface area (Å²) in [6.07, 6.45) is 0.785. The molecule has 35 heavy (non-hydrogen) atoms. The molecule has 0 amide bonds. The molecule has 1 aromatic heterocycles. The topological polar surface area (TPSA) is 34.3 Å². The molecule has 0 saturated carbocycles. The number of nitrogens with one attached hydrogen (secondary N) is 2. The predicted molar refractivity (Wildman–Crippen MR) is 136 cm³/mol. The van der Waals surface area contributed by atoms with Gasteiger partial charge >= 0.3 is 0 Å². The number of alkyl halides is 2. The lowest BCUT2D eigenvalue weighted by Gasteiger charge is -2.43. The lowest BCUT2D eigenvalue weighted by Crippen LogP contribution is -2.49. The number of halogens is 3. The van der Waals surface area contributed by atoms with Crippen LogP contribution in [0.15, 0.2) is 42.5 Å². The number of nitrogens with zero attached hydrogens (tertiary/aromatic N) is 2. The molecule has 2 aliphatic rings. The standard InChI is InChI=1S/C28H35F3N4/c1-18-12-23-21-6-4-5-7-25(21)33-26(23)27(35(18)17-28(2,3)31)22-9-8-20(13-24(22)30)32-10-11-34-15-19(14-29)16-34/h4-9,13,18-19,27,32-33H,10-12,14-17H2,1-3H3/t18-,27-/m1/s1. The van der Waals surface area contributed by atoms with E-state index < -0.39 is 11.7 Å².